The largest absolute Gasteiger partial charge is 0.311 e. The van der Waals surface area contributed by atoms with Crippen molar-refractivity contribution in [2.75, 3.05) is 10.7 Å². The third-order valence-electron chi connectivity index (χ3n) is 4.62. The number of benzene rings is 2. The molecule has 4 aromatic rings. The maximum atomic E-state index is 12.6. The predicted octanol–water partition coefficient (Wildman–Crippen LogP) is 6.69. The van der Waals surface area contributed by atoms with Crippen LogP contribution < -0.4 is 10.7 Å². The highest BCUT2D eigenvalue weighted by Gasteiger charge is 2.16. The fourth-order valence-corrected chi connectivity index (χ4v) is 4.40. The summed E-state index contributed by atoms with van der Waals surface area (Å²) < 4.78 is 0. The number of carbonyl (C=O) groups is 1. The minimum absolute atomic E-state index is 0.142. The first-order valence-corrected chi connectivity index (χ1v) is 11.6. The minimum Gasteiger partial charge on any atom is -0.311 e. The average Bonchev–Trinajstić information content (AvgIpc) is 3.45. The second-order valence-electron chi connectivity index (χ2n) is 7.19. The number of hydrogen-bond donors (Lipinski definition) is 2. The Balaban J connectivity index is 1.53. The number of amides is 1. The second-order valence-corrected chi connectivity index (χ2v) is 9.13. The summed E-state index contributed by atoms with van der Waals surface area (Å²) in [4.78, 5) is 17.9. The molecule has 1 amide bonds. The van der Waals surface area contributed by atoms with Gasteiger partial charge >= 0.3 is 0 Å². The van der Waals surface area contributed by atoms with Gasteiger partial charge in [-0.05, 0) is 28.5 Å². The molecular weight excluding hydrogens is 424 g/mol. The fourth-order valence-electron chi connectivity index (χ4n) is 2.95. The lowest BCUT2D eigenvalue weighted by atomic mass is 10.0. The van der Waals surface area contributed by atoms with Crippen LogP contribution in [0.4, 0.5) is 10.1 Å². The zero-order valence-electron chi connectivity index (χ0n) is 17.2. The first-order chi connectivity index (χ1) is 15.1. The van der Waals surface area contributed by atoms with E-state index in [0.29, 0.717) is 20.9 Å². The molecule has 0 radical (unpaired) electrons. The summed E-state index contributed by atoms with van der Waals surface area (Å²) >= 11 is 2.76. The molecule has 0 saturated heterocycles. The van der Waals surface area contributed by atoms with Crippen molar-refractivity contribution >= 4 is 44.9 Å². The van der Waals surface area contributed by atoms with Crippen molar-refractivity contribution in [2.45, 2.75) is 19.8 Å². The summed E-state index contributed by atoms with van der Waals surface area (Å²) in [5.74, 6) is 0.356. The quantitative estimate of drug-likeness (QED) is 0.245. The highest BCUT2D eigenvalue weighted by Crippen LogP contribution is 2.36. The Morgan fingerprint density at radius 2 is 1.81 bits per heavy atom. The van der Waals surface area contributed by atoms with E-state index in [9.17, 15) is 4.79 Å². The molecule has 31 heavy (non-hydrogen) atoms. The number of hydrazone groups is 1. The molecule has 0 aliphatic rings. The third-order valence-corrected chi connectivity index (χ3v) is 6.37. The molecule has 2 heterocycles. The Morgan fingerprint density at radius 1 is 1.03 bits per heavy atom. The summed E-state index contributed by atoms with van der Waals surface area (Å²) in [5.41, 5.74) is 6.94. The molecular formula is C24H22N4OS2. The Morgan fingerprint density at radius 3 is 2.48 bits per heavy atom. The highest BCUT2D eigenvalue weighted by molar-refractivity contribution is 7.20. The van der Waals surface area contributed by atoms with E-state index >= 15 is 0 Å². The zero-order valence-corrected chi connectivity index (χ0v) is 18.8. The molecule has 0 fully saturated rings. The molecule has 0 atom stereocenters. The topological polar surface area (TPSA) is 66.4 Å². The average molecular weight is 447 g/mol. The van der Waals surface area contributed by atoms with Crippen LogP contribution in [0.3, 0.4) is 0 Å². The van der Waals surface area contributed by atoms with E-state index in [0.717, 1.165) is 16.8 Å². The van der Waals surface area contributed by atoms with Gasteiger partial charge in [-0.15, -0.1) is 11.3 Å². The molecule has 7 heteroatoms. The van der Waals surface area contributed by atoms with E-state index in [1.165, 1.54) is 28.2 Å². The predicted molar refractivity (Wildman–Crippen MR) is 132 cm³/mol. The number of carbonyl (C=O) groups excluding carboxylic acids is 1. The molecule has 0 aliphatic carbocycles. The van der Waals surface area contributed by atoms with Crippen molar-refractivity contribution in [3.63, 3.8) is 0 Å². The van der Waals surface area contributed by atoms with E-state index in [4.69, 9.17) is 0 Å². The lowest BCUT2D eigenvalue weighted by molar-refractivity contribution is 0.103. The summed E-state index contributed by atoms with van der Waals surface area (Å²) in [6.45, 7) is 4.35. The normalized spacial score (nSPS) is 11.2. The van der Waals surface area contributed by atoms with E-state index in [1.807, 2.05) is 53.9 Å². The van der Waals surface area contributed by atoms with Crippen LogP contribution in [0.5, 0.6) is 0 Å². The summed E-state index contributed by atoms with van der Waals surface area (Å²) in [7, 11) is 0. The minimum atomic E-state index is -0.142. The number of aromatic nitrogens is 1. The van der Waals surface area contributed by atoms with Crippen molar-refractivity contribution in [1.29, 1.82) is 0 Å². The lowest BCUT2D eigenvalue weighted by Crippen LogP contribution is -2.09. The fraction of sp³-hybridized carbons (Fsp3) is 0.125. The molecule has 4 rings (SSSR count). The number of thiophene rings is 1. The van der Waals surface area contributed by atoms with Crippen molar-refractivity contribution in [1.82, 2.24) is 4.98 Å². The van der Waals surface area contributed by atoms with Crippen LogP contribution in [-0.4, -0.2) is 17.1 Å². The maximum Gasteiger partial charge on any atom is 0.266 e. The summed E-state index contributed by atoms with van der Waals surface area (Å²) in [6, 6.07) is 21.8. The second kappa shape index (κ2) is 9.68. The first kappa shape index (κ1) is 21.0. The number of nitrogens with zero attached hydrogens (tertiary/aromatic N) is 2. The van der Waals surface area contributed by atoms with Crippen LogP contribution in [0.2, 0.25) is 0 Å². The first-order valence-electron chi connectivity index (χ1n) is 9.90. The van der Waals surface area contributed by atoms with Gasteiger partial charge in [0.1, 0.15) is 10.7 Å². The highest BCUT2D eigenvalue weighted by atomic mass is 32.1. The van der Waals surface area contributed by atoms with Gasteiger partial charge in [0.25, 0.3) is 5.91 Å². The number of nitrogens with one attached hydrogen (secondary N) is 2. The Bertz CT molecular complexity index is 1160. The van der Waals surface area contributed by atoms with E-state index in [2.05, 4.69) is 46.8 Å². The molecule has 2 N–H and O–H groups in total. The Labute approximate surface area is 189 Å². The lowest BCUT2D eigenvalue weighted by Gasteiger charge is -2.04. The van der Waals surface area contributed by atoms with Gasteiger partial charge in [-0.2, -0.15) is 5.10 Å². The van der Waals surface area contributed by atoms with Gasteiger partial charge in [0.2, 0.25) is 5.13 Å². The van der Waals surface area contributed by atoms with Crippen molar-refractivity contribution in [3.05, 3.63) is 88.1 Å². The zero-order chi connectivity index (χ0) is 21.6. The third kappa shape index (κ3) is 5.25. The molecule has 0 saturated carbocycles. The van der Waals surface area contributed by atoms with Crippen molar-refractivity contribution in [3.8, 4) is 11.3 Å². The van der Waals surface area contributed by atoms with Gasteiger partial charge in [-0.1, -0.05) is 85.8 Å². The maximum absolute atomic E-state index is 12.6. The van der Waals surface area contributed by atoms with Gasteiger partial charge in [0, 0.05) is 5.56 Å². The molecule has 5 nitrogen and oxygen atoms in total. The van der Waals surface area contributed by atoms with Gasteiger partial charge in [-0.3, -0.25) is 10.2 Å². The van der Waals surface area contributed by atoms with E-state index < -0.39 is 0 Å². The SMILES string of the molecule is CC(C)c1ccc(C=NNc2nc(-c3ccccc3)c(NC(=O)c3cccs3)s2)cc1. The monoisotopic (exact) mass is 446 g/mol. The van der Waals surface area contributed by atoms with Crippen LogP contribution in [0, 0.1) is 0 Å². The Kier molecular flexibility index (Phi) is 6.54. The van der Waals surface area contributed by atoms with Crippen molar-refractivity contribution in [2.24, 2.45) is 5.10 Å². The number of anilines is 2. The molecule has 0 spiro atoms. The molecule has 2 aromatic heterocycles. The molecule has 0 unspecified atom stereocenters. The number of hydrogen-bond acceptors (Lipinski definition) is 6. The molecule has 0 aliphatic heterocycles. The van der Waals surface area contributed by atoms with Crippen LogP contribution in [0.15, 0.2) is 77.2 Å². The van der Waals surface area contributed by atoms with Gasteiger partial charge < -0.3 is 5.32 Å². The van der Waals surface area contributed by atoms with Gasteiger partial charge in [0.15, 0.2) is 0 Å². The van der Waals surface area contributed by atoms with Crippen LogP contribution in [0.25, 0.3) is 11.3 Å². The van der Waals surface area contributed by atoms with Crippen LogP contribution >= 0.6 is 22.7 Å². The summed E-state index contributed by atoms with van der Waals surface area (Å²) in [6.07, 6.45) is 1.76. The van der Waals surface area contributed by atoms with Gasteiger partial charge in [-0.25, -0.2) is 4.98 Å². The smallest absolute Gasteiger partial charge is 0.266 e. The molecule has 0 bridgehead atoms. The van der Waals surface area contributed by atoms with Gasteiger partial charge in [0.05, 0.1) is 11.1 Å². The Hall–Kier alpha value is -3.29. The molecule has 156 valence electrons. The van der Waals surface area contributed by atoms with E-state index in [1.54, 1.807) is 12.3 Å². The van der Waals surface area contributed by atoms with Crippen LogP contribution in [-0.2, 0) is 0 Å². The molecule has 2 aromatic carbocycles. The number of rotatable bonds is 7. The summed E-state index contributed by atoms with van der Waals surface area (Å²) in [5, 5.41) is 10.5. The van der Waals surface area contributed by atoms with Crippen LogP contribution in [0.1, 0.15) is 40.6 Å². The van der Waals surface area contributed by atoms with Crippen molar-refractivity contribution < 1.29 is 4.79 Å². The standard InChI is InChI=1S/C24H22N4OS2/c1-16(2)18-12-10-17(11-13-18)15-25-28-24-26-21(19-7-4-3-5-8-19)23(31-24)27-22(29)20-9-6-14-30-20/h3-16H,1-2H3,(H,26,28)(H,27,29). The van der Waals surface area contributed by atoms with E-state index in [-0.39, 0.29) is 5.91 Å². The number of thiazole rings is 1.